The number of amides is 2. The Kier molecular flexibility index (Phi) is 5.38. The Morgan fingerprint density at radius 2 is 1.71 bits per heavy atom. The largest absolute Gasteiger partial charge is 0.416 e. The highest BCUT2D eigenvalue weighted by atomic mass is 19.4. The van der Waals surface area contributed by atoms with Gasteiger partial charge in [0.1, 0.15) is 18.1 Å². The van der Waals surface area contributed by atoms with Gasteiger partial charge in [0.2, 0.25) is 0 Å². The zero-order chi connectivity index (χ0) is 23.1. The minimum Gasteiger partial charge on any atom is -0.364 e. The minimum absolute atomic E-state index is 0.0406. The molecular formula is C18H11F7N4O2. The summed E-state index contributed by atoms with van der Waals surface area (Å²) in [5, 5.41) is 5.73. The number of nitrogens with two attached hydrogens (primary N) is 1. The van der Waals surface area contributed by atoms with Crippen molar-refractivity contribution in [1.29, 1.82) is 0 Å². The van der Waals surface area contributed by atoms with Crippen LogP contribution in [0.4, 0.5) is 36.4 Å². The number of carbonyl (C=O) groups is 2. The van der Waals surface area contributed by atoms with Gasteiger partial charge in [-0.3, -0.25) is 9.59 Å². The van der Waals surface area contributed by atoms with Crippen LogP contribution in [0.3, 0.4) is 0 Å². The molecule has 2 amide bonds. The number of fused-ring (bicyclic) bond motifs is 1. The summed E-state index contributed by atoms with van der Waals surface area (Å²) in [4.78, 5) is 24.0. The summed E-state index contributed by atoms with van der Waals surface area (Å²) in [5.74, 6) is -3.62. The van der Waals surface area contributed by atoms with E-state index >= 15 is 0 Å². The molecule has 1 aromatic heterocycles. The molecule has 6 nitrogen and oxygen atoms in total. The van der Waals surface area contributed by atoms with Gasteiger partial charge in [-0.15, -0.1) is 0 Å². The van der Waals surface area contributed by atoms with Gasteiger partial charge in [-0.1, -0.05) is 0 Å². The minimum atomic E-state index is -4.89. The van der Waals surface area contributed by atoms with Crippen molar-refractivity contribution >= 4 is 28.4 Å². The topological polar surface area (TPSA) is 90.0 Å². The molecule has 3 N–H and O–H groups in total. The number of anilines is 1. The third kappa shape index (κ3) is 4.92. The van der Waals surface area contributed by atoms with Crippen molar-refractivity contribution in [3.05, 3.63) is 59.0 Å². The molecule has 164 valence electrons. The van der Waals surface area contributed by atoms with Gasteiger partial charge in [0.25, 0.3) is 11.8 Å². The van der Waals surface area contributed by atoms with Crippen LogP contribution in [0.2, 0.25) is 0 Å². The smallest absolute Gasteiger partial charge is 0.364 e. The molecule has 1 heterocycles. The maximum Gasteiger partial charge on any atom is 0.416 e. The van der Waals surface area contributed by atoms with Crippen molar-refractivity contribution in [3.63, 3.8) is 0 Å². The van der Waals surface area contributed by atoms with Crippen LogP contribution in [-0.4, -0.2) is 27.8 Å². The molecule has 0 spiro atoms. The highest BCUT2D eigenvalue weighted by Gasteiger charge is 2.33. The van der Waals surface area contributed by atoms with Crippen LogP contribution in [0.15, 0.2) is 36.4 Å². The molecule has 0 saturated carbocycles. The van der Waals surface area contributed by atoms with Crippen molar-refractivity contribution in [2.45, 2.75) is 18.9 Å². The van der Waals surface area contributed by atoms with Gasteiger partial charge in [0.15, 0.2) is 0 Å². The molecule has 0 aliphatic heterocycles. The van der Waals surface area contributed by atoms with Crippen molar-refractivity contribution in [3.8, 4) is 0 Å². The molecule has 0 aliphatic rings. The highest BCUT2D eigenvalue weighted by molar-refractivity contribution is 6.08. The van der Waals surface area contributed by atoms with E-state index in [-0.39, 0.29) is 22.7 Å². The van der Waals surface area contributed by atoms with Gasteiger partial charge in [0.05, 0.1) is 11.1 Å². The summed E-state index contributed by atoms with van der Waals surface area (Å²) >= 11 is 0. The van der Waals surface area contributed by atoms with Crippen molar-refractivity contribution < 1.29 is 40.3 Å². The van der Waals surface area contributed by atoms with E-state index < -0.39 is 53.3 Å². The Bertz CT molecular complexity index is 1180. The average Bonchev–Trinajstić information content (AvgIpc) is 2.95. The SMILES string of the molecule is NC(=O)c1c2cc(NC(=O)c3cc(F)cc(C(F)(F)F)c3)ccc2nn1CC(F)(F)F. The lowest BCUT2D eigenvalue weighted by atomic mass is 10.1. The van der Waals surface area contributed by atoms with Gasteiger partial charge in [-0.25, -0.2) is 9.07 Å². The number of halogens is 7. The van der Waals surface area contributed by atoms with Gasteiger partial charge in [0, 0.05) is 16.6 Å². The van der Waals surface area contributed by atoms with Crippen LogP contribution in [0, 0.1) is 5.82 Å². The molecule has 0 aliphatic carbocycles. The predicted molar refractivity (Wildman–Crippen MR) is 93.7 cm³/mol. The molecule has 0 bridgehead atoms. The van der Waals surface area contributed by atoms with E-state index in [0.717, 1.165) is 6.07 Å². The van der Waals surface area contributed by atoms with Gasteiger partial charge in [-0.05, 0) is 36.4 Å². The predicted octanol–water partition coefficient (Wildman–Crippen LogP) is 4.11. The summed E-state index contributed by atoms with van der Waals surface area (Å²) in [6, 6.07) is 4.69. The molecule has 0 unspecified atom stereocenters. The zero-order valence-corrected chi connectivity index (χ0v) is 15.1. The molecule has 2 aromatic carbocycles. The standard InChI is InChI=1S/C18H11F7N4O2/c19-10-4-8(3-9(5-10)18(23,24)25)16(31)27-11-1-2-13-12(6-11)14(15(26)30)29(28-13)7-17(20,21)22/h1-6H,7H2,(H2,26,30)(H,27,31). The van der Waals surface area contributed by atoms with E-state index in [1.54, 1.807) is 0 Å². The van der Waals surface area contributed by atoms with E-state index in [4.69, 9.17) is 5.73 Å². The molecule has 0 radical (unpaired) electrons. The fourth-order valence-electron chi connectivity index (χ4n) is 2.84. The Hall–Kier alpha value is -3.64. The van der Waals surface area contributed by atoms with Gasteiger partial charge < -0.3 is 11.1 Å². The van der Waals surface area contributed by atoms with Crippen molar-refractivity contribution in [2.24, 2.45) is 5.73 Å². The first-order valence-corrected chi connectivity index (χ1v) is 8.31. The number of nitrogens with zero attached hydrogens (tertiary/aromatic N) is 2. The van der Waals surface area contributed by atoms with E-state index in [1.165, 1.54) is 12.1 Å². The van der Waals surface area contributed by atoms with Crippen LogP contribution in [0.1, 0.15) is 26.4 Å². The number of hydrogen-bond donors (Lipinski definition) is 2. The first-order chi connectivity index (χ1) is 14.2. The fraction of sp³-hybridized carbons (Fsp3) is 0.167. The van der Waals surface area contributed by atoms with E-state index in [2.05, 4.69) is 10.4 Å². The molecule has 0 atom stereocenters. The summed E-state index contributed by atoms with van der Waals surface area (Å²) in [6.45, 7) is -1.59. The van der Waals surface area contributed by atoms with Crippen molar-refractivity contribution in [1.82, 2.24) is 9.78 Å². The third-order valence-corrected chi connectivity index (χ3v) is 4.05. The lowest BCUT2D eigenvalue weighted by Crippen LogP contribution is -2.24. The van der Waals surface area contributed by atoms with Crippen molar-refractivity contribution in [2.75, 3.05) is 5.32 Å². The van der Waals surface area contributed by atoms with Crippen LogP contribution < -0.4 is 11.1 Å². The number of benzene rings is 2. The Morgan fingerprint density at radius 1 is 1.03 bits per heavy atom. The van der Waals surface area contributed by atoms with Gasteiger partial charge in [-0.2, -0.15) is 31.4 Å². The number of carbonyl (C=O) groups excluding carboxylic acids is 2. The quantitative estimate of drug-likeness (QED) is 0.589. The molecule has 0 fully saturated rings. The molecular weight excluding hydrogens is 437 g/mol. The maximum absolute atomic E-state index is 13.5. The highest BCUT2D eigenvalue weighted by Crippen LogP contribution is 2.31. The second-order valence-corrected chi connectivity index (χ2v) is 6.40. The third-order valence-electron chi connectivity index (χ3n) is 4.05. The normalized spacial score (nSPS) is 12.2. The summed E-state index contributed by atoms with van der Waals surface area (Å²) in [7, 11) is 0. The summed E-state index contributed by atoms with van der Waals surface area (Å²) < 4.78 is 90.5. The van der Waals surface area contributed by atoms with Crippen LogP contribution >= 0.6 is 0 Å². The second-order valence-electron chi connectivity index (χ2n) is 6.40. The van der Waals surface area contributed by atoms with Crippen LogP contribution in [0.25, 0.3) is 10.9 Å². The lowest BCUT2D eigenvalue weighted by Gasteiger charge is -2.10. The monoisotopic (exact) mass is 448 g/mol. The maximum atomic E-state index is 13.5. The fourth-order valence-corrected chi connectivity index (χ4v) is 2.84. The molecule has 13 heteroatoms. The first-order valence-electron chi connectivity index (χ1n) is 8.31. The molecule has 0 saturated heterocycles. The number of aromatic nitrogens is 2. The zero-order valence-electron chi connectivity index (χ0n) is 15.1. The average molecular weight is 448 g/mol. The van der Waals surface area contributed by atoms with Gasteiger partial charge >= 0.3 is 12.4 Å². The van der Waals surface area contributed by atoms with E-state index in [0.29, 0.717) is 16.8 Å². The number of rotatable bonds is 4. The van der Waals surface area contributed by atoms with Crippen LogP contribution in [0.5, 0.6) is 0 Å². The second kappa shape index (κ2) is 7.56. The molecule has 31 heavy (non-hydrogen) atoms. The number of alkyl halides is 6. The molecule has 3 aromatic rings. The van der Waals surface area contributed by atoms with E-state index in [9.17, 15) is 40.3 Å². The lowest BCUT2D eigenvalue weighted by molar-refractivity contribution is -0.142. The molecule has 3 rings (SSSR count). The Morgan fingerprint density at radius 3 is 2.29 bits per heavy atom. The summed E-state index contributed by atoms with van der Waals surface area (Å²) in [6.07, 6.45) is -9.59. The Labute approximate surface area is 168 Å². The first kappa shape index (κ1) is 22.1. The number of hydrogen-bond acceptors (Lipinski definition) is 3. The van der Waals surface area contributed by atoms with Crippen LogP contribution in [-0.2, 0) is 12.7 Å². The number of nitrogens with one attached hydrogen (secondary N) is 1. The summed E-state index contributed by atoms with van der Waals surface area (Å²) in [5.41, 5.74) is 2.43. The Balaban J connectivity index is 1.97. The number of primary amides is 1. The van der Waals surface area contributed by atoms with E-state index in [1.807, 2.05) is 0 Å².